The highest BCUT2D eigenvalue weighted by Gasteiger charge is 2.22. The Kier molecular flexibility index (Phi) is 8.86. The van der Waals surface area contributed by atoms with E-state index in [-0.39, 0.29) is 0 Å². The van der Waals surface area contributed by atoms with Gasteiger partial charge in [0.1, 0.15) is 22.3 Å². The van der Waals surface area contributed by atoms with Crippen molar-refractivity contribution in [3.05, 3.63) is 206 Å². The number of unbranched alkanes of at least 4 members (excludes halogenated alkanes) is 3. The molecule has 0 saturated heterocycles. The Hall–Kier alpha value is -8.20. The van der Waals surface area contributed by atoms with Crippen LogP contribution in [0.2, 0.25) is 0 Å². The van der Waals surface area contributed by atoms with Crippen LogP contribution in [0.15, 0.2) is 209 Å². The molecule has 12 aromatic carbocycles. The van der Waals surface area contributed by atoms with Gasteiger partial charge in [-0.15, -0.1) is 0 Å². The van der Waals surface area contributed by atoms with Crippen molar-refractivity contribution < 1.29 is 8.83 Å². The molecule has 0 fully saturated rings. The summed E-state index contributed by atoms with van der Waals surface area (Å²) in [7, 11) is 0. The van der Waals surface area contributed by atoms with Gasteiger partial charge < -0.3 is 8.83 Å². The first-order chi connectivity index (χ1) is 33.7. The maximum absolute atomic E-state index is 6.83. The topological polar surface area (TPSA) is 26.3 Å². The monoisotopic (exact) mass is 870 g/mol. The van der Waals surface area contributed by atoms with E-state index in [1.54, 1.807) is 0 Å². The van der Waals surface area contributed by atoms with Crippen molar-refractivity contribution >= 4 is 109 Å². The fourth-order valence-electron chi connectivity index (χ4n) is 11.6. The minimum atomic E-state index is 0.908. The Labute approximate surface area is 393 Å². The van der Waals surface area contributed by atoms with E-state index in [1.165, 1.54) is 129 Å². The van der Waals surface area contributed by atoms with E-state index in [0.717, 1.165) is 50.3 Å². The molecule has 0 bridgehead atoms. The third kappa shape index (κ3) is 6.03. The molecule has 0 atom stereocenters. The first-order valence-corrected chi connectivity index (χ1v) is 24.3. The van der Waals surface area contributed by atoms with Crippen LogP contribution in [-0.4, -0.2) is 0 Å². The molecule has 14 aromatic rings. The molecule has 0 radical (unpaired) electrons. The van der Waals surface area contributed by atoms with Gasteiger partial charge in [0.2, 0.25) is 0 Å². The van der Waals surface area contributed by atoms with Gasteiger partial charge in [-0.3, -0.25) is 0 Å². The third-order valence-electron chi connectivity index (χ3n) is 14.9. The summed E-state index contributed by atoms with van der Waals surface area (Å²) in [6, 6.07) is 74.2. The smallest absolute Gasteiger partial charge is 0.143 e. The maximum Gasteiger partial charge on any atom is 0.143 e. The summed E-state index contributed by atoms with van der Waals surface area (Å²) in [5, 5.41) is 19.4. The molecule has 0 aliphatic heterocycles. The fourth-order valence-corrected chi connectivity index (χ4v) is 11.6. The molecule has 68 heavy (non-hydrogen) atoms. The van der Waals surface area contributed by atoms with Gasteiger partial charge in [-0.05, 0) is 166 Å². The summed E-state index contributed by atoms with van der Waals surface area (Å²) in [5.41, 5.74) is 12.4. The molecule has 0 N–H and O–H groups in total. The predicted octanol–water partition coefficient (Wildman–Crippen LogP) is 19.5. The van der Waals surface area contributed by atoms with E-state index < -0.39 is 0 Å². The van der Waals surface area contributed by atoms with Crippen molar-refractivity contribution in [1.82, 2.24) is 0 Å². The highest BCUT2D eigenvalue weighted by Crippen LogP contribution is 2.49. The van der Waals surface area contributed by atoms with E-state index in [9.17, 15) is 0 Å². The second-order valence-corrected chi connectivity index (χ2v) is 18.8. The zero-order chi connectivity index (χ0) is 44.9. The van der Waals surface area contributed by atoms with Crippen LogP contribution in [-0.2, 0) is 6.42 Å². The van der Waals surface area contributed by atoms with Gasteiger partial charge in [0.15, 0.2) is 0 Å². The molecule has 0 unspecified atom stereocenters. The summed E-state index contributed by atoms with van der Waals surface area (Å²) in [4.78, 5) is 0. The van der Waals surface area contributed by atoms with Crippen LogP contribution in [0, 0.1) is 0 Å². The largest absolute Gasteiger partial charge is 0.456 e. The summed E-state index contributed by atoms with van der Waals surface area (Å²) < 4.78 is 13.0. The molecule has 2 nitrogen and oxygen atoms in total. The summed E-state index contributed by atoms with van der Waals surface area (Å²) in [6.07, 6.45) is 6.20. The van der Waals surface area contributed by atoms with Crippen LogP contribution in [0.1, 0.15) is 38.2 Å². The van der Waals surface area contributed by atoms with Gasteiger partial charge in [0, 0.05) is 26.9 Å². The number of benzene rings is 12. The van der Waals surface area contributed by atoms with Crippen molar-refractivity contribution in [3.63, 3.8) is 0 Å². The molecule has 0 aliphatic carbocycles. The lowest BCUT2D eigenvalue weighted by atomic mass is 9.82. The van der Waals surface area contributed by atoms with E-state index in [4.69, 9.17) is 8.83 Å². The molecule has 2 heteroatoms. The average Bonchev–Trinajstić information content (AvgIpc) is 3.96. The van der Waals surface area contributed by atoms with E-state index in [1.807, 2.05) is 12.1 Å². The Morgan fingerprint density at radius 3 is 1.65 bits per heavy atom. The molecule has 2 heterocycles. The average molecular weight is 871 g/mol. The number of furan rings is 2. The number of hydrogen-bond donors (Lipinski definition) is 0. The molecule has 0 aliphatic rings. The number of para-hydroxylation sites is 1. The zero-order valence-corrected chi connectivity index (χ0v) is 37.9. The van der Waals surface area contributed by atoms with Gasteiger partial charge in [-0.2, -0.15) is 0 Å². The van der Waals surface area contributed by atoms with Crippen LogP contribution < -0.4 is 0 Å². The molecule has 0 spiro atoms. The number of rotatable bonds is 8. The predicted molar refractivity (Wildman–Crippen MR) is 290 cm³/mol. The summed E-state index contributed by atoms with van der Waals surface area (Å²) in [5.74, 6) is 0. The molecular formula is C66H46O2. The maximum atomic E-state index is 6.83. The number of aryl methyl sites for hydroxylation is 1. The van der Waals surface area contributed by atoms with Gasteiger partial charge in [0.05, 0.1) is 0 Å². The Balaban J connectivity index is 0.946. The zero-order valence-electron chi connectivity index (χ0n) is 37.9. The first kappa shape index (κ1) is 39.0. The van der Waals surface area contributed by atoms with Crippen molar-refractivity contribution in [1.29, 1.82) is 0 Å². The molecule has 322 valence electrons. The number of fused-ring (bicyclic) bond motifs is 14. The molecule has 2 aromatic heterocycles. The minimum Gasteiger partial charge on any atom is -0.456 e. The van der Waals surface area contributed by atoms with Gasteiger partial charge >= 0.3 is 0 Å². The number of hydrogen-bond acceptors (Lipinski definition) is 2. The second kappa shape index (κ2) is 15.4. The van der Waals surface area contributed by atoms with Crippen molar-refractivity contribution in [2.75, 3.05) is 0 Å². The third-order valence-corrected chi connectivity index (χ3v) is 14.9. The standard InChI is InChI=1S/C66H46O2/c1-2-3-4-5-14-40-23-24-41-25-30-55-49(57(41)35-40)31-32-56-59-39-45(28-34-62(59)68-66(55)56)63-51-18-8-10-20-53(51)65(54-21-11-9-19-52(54)63)64-47-16-7-6-15-44(47)37-46-36-42(26-29-48(46)64)43-27-33-61-58(38-43)50-17-12-13-22-60(50)67-61/h6-13,15-39H,2-5,14H2,1H3. The lowest BCUT2D eigenvalue weighted by molar-refractivity contribution is 0.667. The van der Waals surface area contributed by atoms with Crippen LogP contribution in [0.5, 0.6) is 0 Å². The molecular weight excluding hydrogens is 825 g/mol. The minimum absolute atomic E-state index is 0.908. The lowest BCUT2D eigenvalue weighted by Gasteiger charge is -2.20. The van der Waals surface area contributed by atoms with Crippen LogP contribution in [0.3, 0.4) is 0 Å². The van der Waals surface area contributed by atoms with Gasteiger partial charge in [0.25, 0.3) is 0 Å². The molecule has 0 amide bonds. The van der Waals surface area contributed by atoms with Gasteiger partial charge in [-0.25, -0.2) is 0 Å². The van der Waals surface area contributed by atoms with Crippen molar-refractivity contribution in [2.24, 2.45) is 0 Å². The highest BCUT2D eigenvalue weighted by atomic mass is 16.3. The highest BCUT2D eigenvalue weighted by molar-refractivity contribution is 6.28. The SMILES string of the molecule is CCCCCCc1ccc2ccc3c(ccc4c5cc(-c6c7ccccc7c(-c7c8ccccc8cc8cc(-c9ccc%10oc%11ccccc%11c%10c9)ccc78)c7ccccc67)ccc5oc43)c2c1. The van der Waals surface area contributed by atoms with Crippen LogP contribution in [0.4, 0.5) is 0 Å². The van der Waals surface area contributed by atoms with Gasteiger partial charge in [-0.1, -0.05) is 172 Å². The lowest BCUT2D eigenvalue weighted by Crippen LogP contribution is -1.93. The van der Waals surface area contributed by atoms with Crippen LogP contribution in [0.25, 0.3) is 142 Å². The Morgan fingerprint density at radius 2 is 0.838 bits per heavy atom. The fraction of sp³-hybridized carbons (Fsp3) is 0.0909. The summed E-state index contributed by atoms with van der Waals surface area (Å²) >= 11 is 0. The Morgan fingerprint density at radius 1 is 0.294 bits per heavy atom. The van der Waals surface area contributed by atoms with Crippen molar-refractivity contribution in [2.45, 2.75) is 39.0 Å². The van der Waals surface area contributed by atoms with E-state index >= 15 is 0 Å². The van der Waals surface area contributed by atoms with E-state index in [0.29, 0.717) is 0 Å². The normalized spacial score (nSPS) is 12.2. The van der Waals surface area contributed by atoms with Crippen LogP contribution >= 0.6 is 0 Å². The molecule has 14 rings (SSSR count). The van der Waals surface area contributed by atoms with Crippen molar-refractivity contribution in [3.8, 4) is 33.4 Å². The summed E-state index contributed by atoms with van der Waals surface area (Å²) in [6.45, 7) is 2.28. The Bertz CT molecular complexity index is 4310. The molecule has 0 saturated carbocycles. The quantitative estimate of drug-likeness (QED) is 0.0864. The van der Waals surface area contributed by atoms with E-state index in [2.05, 4.69) is 195 Å². The first-order valence-electron chi connectivity index (χ1n) is 24.3. The second-order valence-electron chi connectivity index (χ2n) is 18.8.